The fraction of sp³-hybridized carbons (Fsp3) is 0.879. The first kappa shape index (κ1) is 43.5. The van der Waals surface area contributed by atoms with Gasteiger partial charge in [-0.2, -0.15) is 6.92 Å². The van der Waals surface area contributed by atoms with Crippen molar-refractivity contribution < 1.29 is 35.6 Å². The second-order valence-electron chi connectivity index (χ2n) is 13.7. The van der Waals surface area contributed by atoms with Crippen LogP contribution in [0.5, 0.6) is 0 Å². The van der Waals surface area contributed by atoms with Gasteiger partial charge in [0.2, 0.25) is 0 Å². The third kappa shape index (κ3) is 17.2. The van der Waals surface area contributed by atoms with Gasteiger partial charge in [0.15, 0.2) is 0 Å². The van der Waals surface area contributed by atoms with Crippen molar-refractivity contribution >= 4 is 37.2 Å². The molecule has 0 aromatic rings. The minimum absolute atomic E-state index is 0. The maximum Gasteiger partial charge on any atom is 0.0966 e. The van der Waals surface area contributed by atoms with Crippen LogP contribution in [0, 0.1) is 65.3 Å². The average molecular weight is 967 g/mol. The van der Waals surface area contributed by atoms with Gasteiger partial charge in [-0.3, -0.25) is 6.58 Å². The first-order valence-corrected chi connectivity index (χ1v) is 23.0. The van der Waals surface area contributed by atoms with Crippen LogP contribution in [0.25, 0.3) is 0 Å². The summed E-state index contributed by atoms with van der Waals surface area (Å²) in [7, 11) is 8.92. The van der Waals surface area contributed by atoms with Gasteiger partial charge < -0.3 is 46.1 Å². The molecule has 0 aromatic heterocycles. The quantitative estimate of drug-likeness (QED) is 0.185. The van der Waals surface area contributed by atoms with E-state index >= 15 is 0 Å². The maximum atomic E-state index is 4.36. The number of hydrogen-bond donors (Lipinski definition) is 2. The maximum absolute atomic E-state index is 4.36. The Balaban J connectivity index is 0.000000378. The molecule has 4 unspecified atom stereocenters. The number of nitrogens with zero attached hydrogens (tertiary/aromatic N) is 6. The summed E-state index contributed by atoms with van der Waals surface area (Å²) in [6.45, 7) is 28.9. The molecule has 5 fully saturated rings. The molecule has 0 bridgehead atoms. The molecule has 4 atom stereocenters. The van der Waals surface area contributed by atoms with Crippen LogP contribution in [0.1, 0.15) is 32.6 Å². The Morgan fingerprint density at radius 2 is 0.932 bits per heavy atom. The number of halogens is 2. The van der Waals surface area contributed by atoms with E-state index in [0.717, 1.165) is 36.8 Å². The van der Waals surface area contributed by atoms with E-state index in [0.29, 0.717) is 0 Å². The third-order valence-corrected chi connectivity index (χ3v) is 9.63. The number of allylic oxidation sites excluding steroid dienone is 1. The number of likely N-dealkylation sites (tertiary alicyclic amines) is 4. The van der Waals surface area contributed by atoms with E-state index in [1.165, 1.54) is 123 Å². The van der Waals surface area contributed by atoms with E-state index in [2.05, 4.69) is 125 Å². The predicted molar refractivity (Wildman–Crippen MR) is 203 cm³/mol. The van der Waals surface area contributed by atoms with Crippen molar-refractivity contribution in [3.8, 4) is 0 Å². The Bertz CT molecular complexity index is 709. The standard InChI is InChI=1S/C16H30N4.C14H30N4.C3H5.I2.La/c1-14-19(12-15-4-6-17(2)10-15)8-9-20(14)13-16-5-7-18(3)11-16;1-17-7-3-13(11-17)9-15-5-6-16-10-14-4-8-18(2)12-14;1-3-2;1-2;/h15-16H,1,4-13H2,2-3H3;13-16H,3-12H2,1-2H3;1H2,2H3;;/q;;-1;;. The fourth-order valence-electron chi connectivity index (χ4n) is 7.24. The van der Waals surface area contributed by atoms with Gasteiger partial charge in [0.25, 0.3) is 0 Å². The molecule has 5 rings (SSSR count). The summed E-state index contributed by atoms with van der Waals surface area (Å²) in [6.07, 6.45) is 7.94. The molecule has 5 saturated heterocycles. The van der Waals surface area contributed by atoms with Crippen LogP contribution in [0.2, 0.25) is 0 Å². The van der Waals surface area contributed by atoms with Crippen LogP contribution in [-0.2, 0) is 0 Å². The summed E-state index contributed by atoms with van der Waals surface area (Å²) >= 11 is 4.24. The molecule has 255 valence electrons. The predicted octanol–water partition coefficient (Wildman–Crippen LogP) is 3.81. The zero-order chi connectivity index (χ0) is 31.6. The van der Waals surface area contributed by atoms with Crippen molar-refractivity contribution in [3.63, 3.8) is 0 Å². The van der Waals surface area contributed by atoms with E-state index in [1.807, 2.05) is 0 Å². The molecule has 44 heavy (non-hydrogen) atoms. The van der Waals surface area contributed by atoms with Gasteiger partial charge in [0.1, 0.15) is 0 Å². The van der Waals surface area contributed by atoms with Crippen molar-refractivity contribution in [2.24, 2.45) is 23.7 Å². The number of nitrogens with one attached hydrogen (secondary N) is 2. The van der Waals surface area contributed by atoms with Crippen molar-refractivity contribution in [2.45, 2.75) is 32.6 Å². The molecule has 5 aliphatic heterocycles. The van der Waals surface area contributed by atoms with Crippen LogP contribution in [-0.4, -0.2) is 162 Å². The molecule has 1 radical (unpaired) electrons. The molecule has 8 nitrogen and oxygen atoms in total. The van der Waals surface area contributed by atoms with Gasteiger partial charge in [-0.25, -0.2) is 0 Å². The van der Waals surface area contributed by atoms with Gasteiger partial charge in [-0.05, 0) is 117 Å². The van der Waals surface area contributed by atoms with Gasteiger partial charge in [-0.1, -0.05) is 6.58 Å². The summed E-state index contributed by atoms with van der Waals surface area (Å²) in [5.41, 5.74) is 0. The second-order valence-corrected chi connectivity index (χ2v) is 13.7. The Morgan fingerprint density at radius 1 is 0.636 bits per heavy atom. The summed E-state index contributed by atoms with van der Waals surface area (Å²) in [5, 5.41) is 7.16. The SMILES string of the molecule is C=C1N(CC2CCN(C)C2)CCN1CC1CCN(C)C1.C=[C-]C.CN1CCC(CNCCNCC2CCN(C)C2)C1.II.[La]. The summed E-state index contributed by atoms with van der Waals surface area (Å²) in [6, 6.07) is 0. The normalized spacial score (nSPS) is 27.8. The van der Waals surface area contributed by atoms with Crippen molar-refractivity contribution in [3.05, 3.63) is 25.1 Å². The van der Waals surface area contributed by atoms with Crippen molar-refractivity contribution in [1.82, 2.24) is 40.0 Å². The third-order valence-electron chi connectivity index (χ3n) is 9.63. The molecule has 0 aromatic carbocycles. The topological polar surface area (TPSA) is 43.5 Å². The van der Waals surface area contributed by atoms with Gasteiger partial charge in [0, 0.05) is 138 Å². The molecule has 0 saturated carbocycles. The second kappa shape index (κ2) is 25.5. The van der Waals surface area contributed by atoms with Crippen LogP contribution in [0.15, 0.2) is 19.0 Å². The van der Waals surface area contributed by atoms with Crippen LogP contribution in [0.3, 0.4) is 0 Å². The van der Waals surface area contributed by atoms with E-state index in [4.69, 9.17) is 0 Å². The summed E-state index contributed by atoms with van der Waals surface area (Å²) < 4.78 is 0. The molecule has 5 heterocycles. The Labute approximate surface area is 323 Å². The first-order chi connectivity index (χ1) is 20.8. The van der Waals surface area contributed by atoms with Gasteiger partial charge >= 0.3 is 0 Å². The molecular formula is C33H65I2LaN8-. The molecule has 0 aliphatic carbocycles. The Kier molecular flexibility index (Phi) is 25.2. The summed E-state index contributed by atoms with van der Waals surface area (Å²) in [4.78, 5) is 14.8. The van der Waals surface area contributed by atoms with E-state index in [-0.39, 0.29) is 35.6 Å². The van der Waals surface area contributed by atoms with Crippen LogP contribution < -0.4 is 10.6 Å². The smallest absolute Gasteiger partial charge is 0.0966 e. The number of rotatable bonds is 11. The molecule has 2 N–H and O–H groups in total. The van der Waals surface area contributed by atoms with E-state index in [1.54, 1.807) is 6.92 Å². The minimum Gasteiger partial charge on any atom is -0.507 e. The van der Waals surface area contributed by atoms with Crippen LogP contribution >= 0.6 is 37.2 Å². The Morgan fingerprint density at radius 3 is 1.20 bits per heavy atom. The molecular weight excluding hydrogens is 901 g/mol. The first-order valence-electron chi connectivity index (χ1n) is 16.7. The van der Waals surface area contributed by atoms with Crippen molar-refractivity contribution in [2.75, 3.05) is 133 Å². The van der Waals surface area contributed by atoms with E-state index < -0.39 is 0 Å². The fourth-order valence-corrected chi connectivity index (χ4v) is 7.24. The van der Waals surface area contributed by atoms with Crippen LogP contribution in [0.4, 0.5) is 0 Å². The molecule has 5 aliphatic rings. The summed E-state index contributed by atoms with van der Waals surface area (Å²) in [5.74, 6) is 4.72. The zero-order valence-electron chi connectivity index (χ0n) is 28.9. The van der Waals surface area contributed by atoms with Crippen molar-refractivity contribution in [1.29, 1.82) is 0 Å². The van der Waals surface area contributed by atoms with Gasteiger partial charge in [0.05, 0.1) is 5.82 Å². The minimum atomic E-state index is 0. The molecule has 0 amide bonds. The Hall–Kier alpha value is 1.49. The van der Waals surface area contributed by atoms with E-state index in [9.17, 15) is 0 Å². The zero-order valence-corrected chi connectivity index (χ0v) is 36.8. The van der Waals surface area contributed by atoms with Gasteiger partial charge in [-0.15, -0.1) is 0 Å². The number of hydrogen-bond acceptors (Lipinski definition) is 8. The molecule has 11 heteroatoms. The molecule has 0 spiro atoms. The monoisotopic (exact) mass is 966 g/mol. The largest absolute Gasteiger partial charge is 0.507 e. The average Bonchev–Trinajstić information content (AvgIpc) is 3.83.